The first kappa shape index (κ1) is 18.6. The Labute approximate surface area is 171 Å². The van der Waals surface area contributed by atoms with Gasteiger partial charge in [0, 0.05) is 18.5 Å². The third-order valence-electron chi connectivity index (χ3n) is 7.11. The van der Waals surface area contributed by atoms with Gasteiger partial charge in [0.1, 0.15) is 11.6 Å². The normalized spacial score (nSPS) is 35.3. The summed E-state index contributed by atoms with van der Waals surface area (Å²) in [4.78, 5) is 28.6. The number of amides is 2. The lowest BCUT2D eigenvalue weighted by Crippen LogP contribution is -2.56. The summed E-state index contributed by atoms with van der Waals surface area (Å²) in [5.41, 5.74) is 1.40. The quantitative estimate of drug-likeness (QED) is 0.784. The van der Waals surface area contributed by atoms with E-state index in [9.17, 15) is 9.59 Å². The molecule has 0 aromatic heterocycles. The van der Waals surface area contributed by atoms with E-state index in [1.54, 1.807) is 11.0 Å². The molecule has 2 amide bonds. The fraction of sp³-hybridized carbons (Fsp3) is 0.500. The molecule has 0 radical (unpaired) electrons. The minimum Gasteiger partial charge on any atom is -0.359 e. The van der Waals surface area contributed by atoms with E-state index in [1.165, 1.54) is 5.56 Å². The third kappa shape index (κ3) is 2.71. The number of nitrogens with one attached hydrogen (secondary N) is 1. The van der Waals surface area contributed by atoms with Crippen LogP contribution in [0.3, 0.4) is 0 Å². The summed E-state index contributed by atoms with van der Waals surface area (Å²) in [7, 11) is 0. The van der Waals surface area contributed by atoms with Crippen LogP contribution < -0.4 is 5.32 Å². The van der Waals surface area contributed by atoms with Gasteiger partial charge in [0.15, 0.2) is 0 Å². The number of benzene rings is 1. The van der Waals surface area contributed by atoms with Gasteiger partial charge in [-0.2, -0.15) is 0 Å². The molecule has 5 atom stereocenters. The van der Waals surface area contributed by atoms with Crippen molar-refractivity contribution in [2.24, 2.45) is 5.92 Å². The van der Waals surface area contributed by atoms with Crippen molar-refractivity contribution in [3.05, 3.63) is 60.2 Å². The molecule has 1 N–H and O–H groups in total. The predicted octanol–water partition coefficient (Wildman–Crippen LogP) is 2.86. The zero-order valence-electron chi connectivity index (χ0n) is 16.8. The number of likely N-dealkylation sites (tertiary alicyclic amines) is 1. The van der Waals surface area contributed by atoms with Crippen LogP contribution in [0.25, 0.3) is 0 Å². The zero-order chi connectivity index (χ0) is 20.2. The number of rotatable bonds is 5. The van der Waals surface area contributed by atoms with Gasteiger partial charge in [-0.25, -0.2) is 0 Å². The Hall–Kier alpha value is -2.40. The average molecular weight is 392 g/mol. The Morgan fingerprint density at radius 2 is 2.03 bits per heavy atom. The van der Waals surface area contributed by atoms with Crippen molar-refractivity contribution >= 4 is 11.8 Å². The van der Waals surface area contributed by atoms with E-state index in [2.05, 4.69) is 43.1 Å². The SMILES string of the molecule is C=CCN1C(=O)[C@@H]2[C@H](c3ccc(C)cc3)[C@H]3C=C[C@@]2(O3)[C@H]1C(=O)NC1CCCC1. The molecule has 1 aromatic rings. The number of carbonyl (C=O) groups is 2. The summed E-state index contributed by atoms with van der Waals surface area (Å²) in [5.74, 6) is -0.539. The molecule has 5 rings (SSSR count). The molecular formula is C24H28N2O3. The van der Waals surface area contributed by atoms with E-state index in [0.717, 1.165) is 31.2 Å². The number of aryl methyl sites for hydroxylation is 1. The van der Waals surface area contributed by atoms with Crippen molar-refractivity contribution < 1.29 is 14.3 Å². The van der Waals surface area contributed by atoms with Crippen molar-refractivity contribution in [1.82, 2.24) is 10.2 Å². The highest BCUT2D eigenvalue weighted by molar-refractivity contribution is 5.97. The van der Waals surface area contributed by atoms with Gasteiger partial charge in [-0.15, -0.1) is 6.58 Å². The molecule has 3 heterocycles. The highest BCUT2D eigenvalue weighted by Crippen LogP contribution is 2.58. The van der Waals surface area contributed by atoms with E-state index < -0.39 is 11.6 Å². The van der Waals surface area contributed by atoms with Crippen LogP contribution in [-0.2, 0) is 14.3 Å². The fourth-order valence-corrected chi connectivity index (χ4v) is 5.82. The standard InChI is InChI=1S/C24H28N2O3/c1-3-14-26-21(22(27)25-17-6-4-5-7-17)24-13-12-18(29-24)19(20(24)23(26)28)16-10-8-15(2)9-11-16/h3,8-13,17-21H,1,4-7,14H2,2H3,(H,25,27)/t18-,19-,20+,21-,24+/m1/s1. The zero-order valence-corrected chi connectivity index (χ0v) is 16.8. The smallest absolute Gasteiger partial charge is 0.246 e. The van der Waals surface area contributed by atoms with E-state index in [1.807, 2.05) is 12.2 Å². The Bertz CT molecular complexity index is 871. The number of ether oxygens (including phenoxy) is 1. The van der Waals surface area contributed by atoms with Crippen LogP contribution >= 0.6 is 0 Å². The van der Waals surface area contributed by atoms with Gasteiger partial charge in [-0.1, -0.05) is 60.9 Å². The van der Waals surface area contributed by atoms with Gasteiger partial charge in [0.2, 0.25) is 11.8 Å². The van der Waals surface area contributed by atoms with Crippen LogP contribution in [0.4, 0.5) is 0 Å². The second-order valence-corrected chi connectivity index (χ2v) is 8.88. The lowest BCUT2D eigenvalue weighted by molar-refractivity contribution is -0.139. The summed E-state index contributed by atoms with van der Waals surface area (Å²) in [6, 6.07) is 7.88. The van der Waals surface area contributed by atoms with E-state index in [-0.39, 0.29) is 35.8 Å². The Morgan fingerprint density at radius 1 is 1.31 bits per heavy atom. The number of nitrogens with zero attached hydrogens (tertiary/aromatic N) is 1. The Morgan fingerprint density at radius 3 is 2.72 bits per heavy atom. The predicted molar refractivity (Wildman–Crippen MR) is 110 cm³/mol. The first-order valence-corrected chi connectivity index (χ1v) is 10.7. The van der Waals surface area contributed by atoms with Gasteiger partial charge < -0.3 is 15.0 Å². The summed E-state index contributed by atoms with van der Waals surface area (Å²) in [6.07, 6.45) is 9.86. The van der Waals surface area contributed by atoms with Crippen molar-refractivity contribution in [1.29, 1.82) is 0 Å². The minimum atomic E-state index is -0.886. The van der Waals surface area contributed by atoms with Crippen LogP contribution in [0.2, 0.25) is 0 Å². The van der Waals surface area contributed by atoms with Crippen LogP contribution in [0.5, 0.6) is 0 Å². The highest BCUT2D eigenvalue weighted by Gasteiger charge is 2.71. The largest absolute Gasteiger partial charge is 0.359 e. The summed E-state index contributed by atoms with van der Waals surface area (Å²) in [5, 5.41) is 3.20. The van der Waals surface area contributed by atoms with Crippen molar-refractivity contribution in [2.45, 2.75) is 62.3 Å². The van der Waals surface area contributed by atoms with E-state index in [0.29, 0.717) is 6.54 Å². The summed E-state index contributed by atoms with van der Waals surface area (Å²) in [6.45, 7) is 6.21. The monoisotopic (exact) mass is 392 g/mol. The molecule has 5 nitrogen and oxygen atoms in total. The van der Waals surface area contributed by atoms with Crippen LogP contribution in [0, 0.1) is 12.8 Å². The molecule has 4 aliphatic rings. The summed E-state index contributed by atoms with van der Waals surface area (Å²) < 4.78 is 6.46. The van der Waals surface area contributed by atoms with Crippen LogP contribution in [-0.4, -0.2) is 47.0 Å². The molecule has 1 aliphatic carbocycles. The Balaban J connectivity index is 1.52. The summed E-state index contributed by atoms with van der Waals surface area (Å²) >= 11 is 0. The lowest BCUT2D eigenvalue weighted by atomic mass is 9.72. The topological polar surface area (TPSA) is 58.6 Å². The van der Waals surface area contributed by atoms with Crippen LogP contribution in [0.1, 0.15) is 42.7 Å². The maximum Gasteiger partial charge on any atom is 0.246 e. The van der Waals surface area contributed by atoms with Gasteiger partial charge in [-0.3, -0.25) is 9.59 Å². The molecule has 3 aliphatic heterocycles. The maximum atomic E-state index is 13.5. The van der Waals surface area contributed by atoms with Crippen LogP contribution in [0.15, 0.2) is 49.1 Å². The lowest BCUT2D eigenvalue weighted by Gasteiger charge is -2.32. The fourth-order valence-electron chi connectivity index (χ4n) is 5.82. The highest BCUT2D eigenvalue weighted by atomic mass is 16.5. The second kappa shape index (κ2) is 6.84. The second-order valence-electron chi connectivity index (χ2n) is 8.88. The first-order chi connectivity index (χ1) is 14.0. The molecule has 152 valence electrons. The van der Waals surface area contributed by atoms with E-state index in [4.69, 9.17) is 4.74 Å². The number of carbonyl (C=O) groups excluding carboxylic acids is 2. The molecule has 0 unspecified atom stereocenters. The third-order valence-corrected chi connectivity index (χ3v) is 7.11. The van der Waals surface area contributed by atoms with Gasteiger partial charge in [0.05, 0.1) is 12.0 Å². The average Bonchev–Trinajstić information content (AvgIpc) is 3.46. The molecule has 3 fully saturated rings. The van der Waals surface area contributed by atoms with Crippen molar-refractivity contribution in [3.63, 3.8) is 0 Å². The van der Waals surface area contributed by atoms with Crippen molar-refractivity contribution in [3.8, 4) is 0 Å². The molecule has 2 saturated heterocycles. The Kier molecular flexibility index (Phi) is 4.39. The van der Waals surface area contributed by atoms with Gasteiger partial charge in [0.25, 0.3) is 0 Å². The molecular weight excluding hydrogens is 364 g/mol. The number of hydrogen-bond acceptors (Lipinski definition) is 3. The minimum absolute atomic E-state index is 0.00565. The van der Waals surface area contributed by atoms with E-state index >= 15 is 0 Å². The molecule has 1 saturated carbocycles. The maximum absolute atomic E-state index is 13.5. The first-order valence-electron chi connectivity index (χ1n) is 10.7. The number of hydrogen-bond donors (Lipinski definition) is 1. The number of fused-ring (bicyclic) bond motifs is 1. The molecule has 2 bridgehead atoms. The van der Waals surface area contributed by atoms with Crippen molar-refractivity contribution in [2.75, 3.05) is 6.54 Å². The van der Waals surface area contributed by atoms with Gasteiger partial charge in [-0.05, 0) is 25.3 Å². The molecule has 1 aromatic carbocycles. The molecule has 5 heteroatoms. The molecule has 29 heavy (non-hydrogen) atoms. The van der Waals surface area contributed by atoms with Gasteiger partial charge >= 0.3 is 0 Å². The molecule has 1 spiro atoms.